The Kier molecular flexibility index (Phi) is 3.22. The van der Waals surface area contributed by atoms with Gasteiger partial charge in [0.15, 0.2) is 5.78 Å². The van der Waals surface area contributed by atoms with Gasteiger partial charge in [-0.2, -0.15) is 0 Å². The van der Waals surface area contributed by atoms with Crippen molar-refractivity contribution in [2.45, 2.75) is 50.6 Å². The molecule has 0 amide bonds. The van der Waals surface area contributed by atoms with Crippen LogP contribution in [0, 0.1) is 5.92 Å². The van der Waals surface area contributed by atoms with Crippen LogP contribution in [-0.2, 0) is 6.42 Å². The first-order chi connectivity index (χ1) is 10.2. The molecule has 2 bridgehead atoms. The lowest BCUT2D eigenvalue weighted by atomic mass is 9.75. The van der Waals surface area contributed by atoms with Gasteiger partial charge in [-0.3, -0.25) is 4.79 Å². The van der Waals surface area contributed by atoms with E-state index in [9.17, 15) is 4.79 Å². The number of allylic oxidation sites excluding steroid dienone is 1. The minimum Gasteiger partial charge on any atom is -0.300 e. The van der Waals surface area contributed by atoms with Crippen LogP contribution in [0.25, 0.3) is 6.08 Å². The number of rotatable bonds is 2. The van der Waals surface area contributed by atoms with Gasteiger partial charge in [0.25, 0.3) is 0 Å². The highest BCUT2D eigenvalue weighted by molar-refractivity contribution is 6.00. The molecular weight excluding hydrogens is 258 g/mol. The number of hydrogen-bond donors (Lipinski definition) is 0. The molecule has 1 aliphatic carbocycles. The van der Waals surface area contributed by atoms with Crippen LogP contribution in [0.2, 0.25) is 0 Å². The number of Topliss-reactive ketones (excluding diaryl/α,β-unsaturated/α-hetero) is 1. The van der Waals surface area contributed by atoms with Crippen LogP contribution in [0.5, 0.6) is 0 Å². The monoisotopic (exact) mass is 281 g/mol. The van der Waals surface area contributed by atoms with E-state index in [-0.39, 0.29) is 5.92 Å². The molecule has 0 N–H and O–H groups in total. The number of benzene rings is 1. The molecule has 2 heterocycles. The Bertz CT molecular complexity index is 590. The van der Waals surface area contributed by atoms with Crippen molar-refractivity contribution in [1.82, 2.24) is 4.90 Å². The van der Waals surface area contributed by atoms with Crippen LogP contribution >= 0.6 is 0 Å². The van der Waals surface area contributed by atoms with E-state index in [1.165, 1.54) is 30.4 Å². The molecule has 2 aliphatic heterocycles. The van der Waals surface area contributed by atoms with Crippen molar-refractivity contribution < 1.29 is 4.79 Å². The van der Waals surface area contributed by atoms with Gasteiger partial charge in [0.05, 0.1) is 0 Å². The third-order valence-electron chi connectivity index (χ3n) is 5.81. The van der Waals surface area contributed by atoms with Crippen LogP contribution in [-0.4, -0.2) is 29.8 Å². The molecule has 0 spiro atoms. The summed E-state index contributed by atoms with van der Waals surface area (Å²) in [4.78, 5) is 15.6. The molecule has 0 aromatic heterocycles. The lowest BCUT2D eigenvalue weighted by Crippen LogP contribution is -2.51. The number of ketones is 1. The van der Waals surface area contributed by atoms with Crippen molar-refractivity contribution >= 4 is 11.9 Å². The van der Waals surface area contributed by atoms with E-state index in [1.807, 2.05) is 12.1 Å². The van der Waals surface area contributed by atoms with Gasteiger partial charge in [0.1, 0.15) is 0 Å². The molecule has 0 radical (unpaired) electrons. The molecule has 2 heteroatoms. The second-order valence-corrected chi connectivity index (χ2v) is 6.92. The summed E-state index contributed by atoms with van der Waals surface area (Å²) in [7, 11) is 2.25. The van der Waals surface area contributed by atoms with Crippen molar-refractivity contribution in [1.29, 1.82) is 0 Å². The van der Waals surface area contributed by atoms with Crippen LogP contribution in [0.15, 0.2) is 24.3 Å². The standard InChI is InChI=1S/C19H23NO/c1-20-15-7-4-8-16(20)12-14(11-15)19(21)18-10-3-6-13-5-2-9-17(13)18/h2-3,5-6,10,14-16H,4,7-9,11-12H2,1H3. The lowest BCUT2D eigenvalue weighted by Gasteiger charge is -2.46. The van der Waals surface area contributed by atoms with Crippen molar-refractivity contribution in [3.8, 4) is 0 Å². The summed E-state index contributed by atoms with van der Waals surface area (Å²) in [6, 6.07) is 7.46. The highest BCUT2D eigenvalue weighted by atomic mass is 16.1. The molecule has 2 nitrogen and oxygen atoms in total. The third kappa shape index (κ3) is 2.17. The molecule has 1 aromatic carbocycles. The zero-order valence-electron chi connectivity index (χ0n) is 12.7. The maximum atomic E-state index is 13.1. The molecule has 21 heavy (non-hydrogen) atoms. The minimum atomic E-state index is 0.239. The van der Waals surface area contributed by atoms with Crippen molar-refractivity contribution in [2.24, 2.45) is 5.92 Å². The molecule has 110 valence electrons. The predicted octanol–water partition coefficient (Wildman–Crippen LogP) is 3.70. The number of carbonyl (C=O) groups excluding carboxylic acids is 1. The lowest BCUT2D eigenvalue weighted by molar-refractivity contribution is 0.0338. The number of carbonyl (C=O) groups is 1. The fraction of sp³-hybridized carbons (Fsp3) is 0.526. The average molecular weight is 281 g/mol. The Morgan fingerprint density at radius 3 is 2.71 bits per heavy atom. The number of hydrogen-bond acceptors (Lipinski definition) is 2. The van der Waals surface area contributed by atoms with Gasteiger partial charge in [-0.05, 0) is 50.3 Å². The number of nitrogens with zero attached hydrogens (tertiary/aromatic N) is 1. The Morgan fingerprint density at radius 2 is 1.95 bits per heavy atom. The van der Waals surface area contributed by atoms with Crippen LogP contribution < -0.4 is 0 Å². The van der Waals surface area contributed by atoms with Crippen LogP contribution in [0.1, 0.15) is 53.6 Å². The number of piperidine rings is 2. The Hall–Kier alpha value is -1.41. The zero-order valence-corrected chi connectivity index (χ0v) is 12.7. The van der Waals surface area contributed by atoms with E-state index in [1.54, 1.807) is 0 Å². The quantitative estimate of drug-likeness (QED) is 0.770. The summed E-state index contributed by atoms with van der Waals surface area (Å²) in [6.45, 7) is 0. The Labute approximate surface area is 126 Å². The van der Waals surface area contributed by atoms with Gasteiger partial charge in [-0.1, -0.05) is 36.8 Å². The largest absolute Gasteiger partial charge is 0.300 e. The first-order valence-electron chi connectivity index (χ1n) is 8.28. The molecule has 3 aliphatic rings. The smallest absolute Gasteiger partial charge is 0.166 e. The van der Waals surface area contributed by atoms with Crippen LogP contribution in [0.4, 0.5) is 0 Å². The highest BCUT2D eigenvalue weighted by Crippen LogP contribution is 2.38. The van der Waals surface area contributed by atoms with E-state index in [4.69, 9.17) is 0 Å². The van der Waals surface area contributed by atoms with Crippen molar-refractivity contribution in [3.63, 3.8) is 0 Å². The van der Waals surface area contributed by atoms with Crippen molar-refractivity contribution in [3.05, 3.63) is 41.0 Å². The second kappa shape index (κ2) is 5.10. The van der Waals surface area contributed by atoms with Gasteiger partial charge >= 0.3 is 0 Å². The average Bonchev–Trinajstić information content (AvgIpc) is 2.94. The molecule has 4 rings (SSSR count). The summed E-state index contributed by atoms with van der Waals surface area (Å²) in [5.74, 6) is 0.643. The molecule has 1 aromatic rings. The molecule has 2 saturated heterocycles. The zero-order chi connectivity index (χ0) is 14.4. The fourth-order valence-corrected chi connectivity index (χ4v) is 4.57. The van der Waals surface area contributed by atoms with E-state index in [0.717, 1.165) is 24.8 Å². The summed E-state index contributed by atoms with van der Waals surface area (Å²) >= 11 is 0. The number of fused-ring (bicyclic) bond motifs is 3. The Morgan fingerprint density at radius 1 is 1.19 bits per heavy atom. The minimum absolute atomic E-state index is 0.239. The van der Waals surface area contributed by atoms with Gasteiger partial charge in [-0.25, -0.2) is 0 Å². The maximum Gasteiger partial charge on any atom is 0.166 e. The van der Waals surface area contributed by atoms with Gasteiger partial charge < -0.3 is 4.90 Å². The molecule has 0 saturated carbocycles. The SMILES string of the molecule is CN1C2CCCC1CC(C(=O)c1cccc3c1CC=C3)C2. The van der Waals surface area contributed by atoms with Gasteiger partial charge in [0.2, 0.25) is 0 Å². The molecular formula is C19H23NO. The summed E-state index contributed by atoms with van der Waals surface area (Å²) in [5.41, 5.74) is 3.49. The maximum absolute atomic E-state index is 13.1. The van der Waals surface area contributed by atoms with Gasteiger partial charge in [-0.15, -0.1) is 0 Å². The predicted molar refractivity (Wildman–Crippen MR) is 85.4 cm³/mol. The fourth-order valence-electron chi connectivity index (χ4n) is 4.57. The normalized spacial score (nSPS) is 31.2. The van der Waals surface area contributed by atoms with E-state index in [2.05, 4.69) is 30.2 Å². The van der Waals surface area contributed by atoms with E-state index < -0.39 is 0 Å². The Balaban J connectivity index is 1.60. The molecule has 2 atom stereocenters. The summed E-state index contributed by atoms with van der Waals surface area (Å²) < 4.78 is 0. The third-order valence-corrected chi connectivity index (χ3v) is 5.81. The summed E-state index contributed by atoms with van der Waals surface area (Å²) in [5, 5.41) is 0. The first-order valence-corrected chi connectivity index (χ1v) is 8.28. The van der Waals surface area contributed by atoms with E-state index in [0.29, 0.717) is 17.9 Å². The van der Waals surface area contributed by atoms with Gasteiger partial charge in [0, 0.05) is 23.6 Å². The van der Waals surface area contributed by atoms with Crippen LogP contribution in [0.3, 0.4) is 0 Å². The molecule has 2 fully saturated rings. The first kappa shape index (κ1) is 13.3. The van der Waals surface area contributed by atoms with Crippen molar-refractivity contribution in [2.75, 3.05) is 7.05 Å². The second-order valence-electron chi connectivity index (χ2n) is 6.92. The summed E-state index contributed by atoms with van der Waals surface area (Å²) in [6.07, 6.45) is 11.2. The molecule has 2 unspecified atom stereocenters. The topological polar surface area (TPSA) is 20.3 Å². The van der Waals surface area contributed by atoms with E-state index >= 15 is 0 Å². The highest BCUT2D eigenvalue weighted by Gasteiger charge is 2.39.